The molecular weight excluding hydrogens is 512 g/mol. The van der Waals surface area contributed by atoms with Gasteiger partial charge in [-0.1, -0.05) is 12.1 Å². The van der Waals surface area contributed by atoms with Crippen molar-refractivity contribution in [2.24, 2.45) is 29.2 Å². The van der Waals surface area contributed by atoms with E-state index in [9.17, 15) is 19.5 Å². The maximum absolute atomic E-state index is 12.7. The Kier molecular flexibility index (Phi) is 7.96. The van der Waals surface area contributed by atoms with E-state index >= 15 is 0 Å². The van der Waals surface area contributed by atoms with Gasteiger partial charge in [-0.15, -0.1) is 0 Å². The Hall–Kier alpha value is -3.32. The number of carbonyl (C=O) groups excluding carboxylic acids is 2. The molecule has 2 aliphatic heterocycles. The van der Waals surface area contributed by atoms with Gasteiger partial charge in [0.1, 0.15) is 5.82 Å². The molecule has 3 fully saturated rings. The average Bonchev–Trinajstić information content (AvgIpc) is 3.44. The Bertz CT molecular complexity index is 1270. The van der Waals surface area contributed by atoms with Crippen molar-refractivity contribution in [2.75, 3.05) is 57.7 Å². The van der Waals surface area contributed by atoms with Gasteiger partial charge in [-0.25, -0.2) is 9.59 Å². The third kappa shape index (κ3) is 6.04. The number of aromatic nitrogens is 2. The highest BCUT2D eigenvalue weighted by Gasteiger charge is 2.57. The number of fused-ring (bicyclic) bond motifs is 1. The molecule has 3 amide bonds. The largest absolute Gasteiger partial charge is 0.395 e. The van der Waals surface area contributed by atoms with Gasteiger partial charge in [-0.3, -0.25) is 14.7 Å². The van der Waals surface area contributed by atoms with Crippen molar-refractivity contribution in [3.05, 3.63) is 52.6 Å². The predicted octanol–water partition coefficient (Wildman–Crippen LogP) is -0.314. The lowest BCUT2D eigenvalue weighted by Gasteiger charge is -2.37. The van der Waals surface area contributed by atoms with Gasteiger partial charge in [-0.05, 0) is 61.8 Å². The van der Waals surface area contributed by atoms with E-state index in [1.54, 1.807) is 35.9 Å². The highest BCUT2D eigenvalue weighted by molar-refractivity contribution is 5.89. The summed E-state index contributed by atoms with van der Waals surface area (Å²) in [6.07, 6.45) is 2.52. The number of carbonyl (C=O) groups is 2. The number of nitrogens with one attached hydrogen (secondary N) is 1. The molecule has 40 heavy (non-hydrogen) atoms. The van der Waals surface area contributed by atoms with Crippen LogP contribution in [-0.2, 0) is 11.2 Å². The third-order valence-electron chi connectivity index (χ3n) is 8.42. The van der Waals surface area contributed by atoms with Gasteiger partial charge in [0.25, 0.3) is 0 Å². The number of nitrogens with zero attached hydrogens (tertiary/aromatic N) is 5. The van der Waals surface area contributed by atoms with Crippen molar-refractivity contribution >= 4 is 17.8 Å². The molecule has 0 radical (unpaired) electrons. The lowest BCUT2D eigenvalue weighted by atomic mass is 10.1. The number of piperidine rings is 1. The summed E-state index contributed by atoms with van der Waals surface area (Å²) in [5.74, 6) is 1.76. The molecule has 3 atom stereocenters. The quantitative estimate of drug-likeness (QED) is 0.346. The fourth-order valence-corrected chi connectivity index (χ4v) is 6.09. The first-order chi connectivity index (χ1) is 19.0. The lowest BCUT2D eigenvalue weighted by molar-refractivity contribution is -0.137. The van der Waals surface area contributed by atoms with Crippen LogP contribution in [0.5, 0.6) is 0 Å². The van der Waals surface area contributed by atoms with E-state index < -0.39 is 11.2 Å². The van der Waals surface area contributed by atoms with Gasteiger partial charge in [0.15, 0.2) is 0 Å². The Balaban J connectivity index is 1.10. The highest BCUT2D eigenvalue weighted by atomic mass is 16.3. The van der Waals surface area contributed by atoms with Crippen molar-refractivity contribution in [3.63, 3.8) is 0 Å². The Morgan fingerprint density at radius 2 is 1.70 bits per heavy atom. The molecule has 0 bridgehead atoms. The predicted molar refractivity (Wildman–Crippen MR) is 151 cm³/mol. The zero-order chi connectivity index (χ0) is 28.6. The van der Waals surface area contributed by atoms with E-state index in [1.807, 2.05) is 24.3 Å². The van der Waals surface area contributed by atoms with Crippen molar-refractivity contribution < 1.29 is 14.7 Å². The molecule has 1 aliphatic carbocycles. The van der Waals surface area contributed by atoms with Gasteiger partial charge >= 0.3 is 11.7 Å². The van der Waals surface area contributed by atoms with Crippen LogP contribution >= 0.6 is 0 Å². The number of hydrogen-bond donors (Lipinski definition) is 4. The molecule has 12 heteroatoms. The van der Waals surface area contributed by atoms with Crippen LogP contribution in [0, 0.1) is 17.8 Å². The second-order valence-electron chi connectivity index (χ2n) is 11.8. The number of amides is 3. The molecule has 3 heterocycles. The molecule has 12 nitrogen and oxygen atoms in total. The summed E-state index contributed by atoms with van der Waals surface area (Å²) >= 11 is 0. The van der Waals surface area contributed by atoms with Crippen LogP contribution < -0.4 is 22.5 Å². The first-order valence-corrected chi connectivity index (χ1v) is 14.0. The molecule has 1 aromatic carbocycles. The van der Waals surface area contributed by atoms with Crippen LogP contribution in [0.1, 0.15) is 19.4 Å². The van der Waals surface area contributed by atoms with Gasteiger partial charge in [0.2, 0.25) is 5.91 Å². The summed E-state index contributed by atoms with van der Waals surface area (Å²) in [5, 5.41) is 12.0. The van der Waals surface area contributed by atoms with Crippen LogP contribution in [-0.4, -0.2) is 105 Å². The monoisotopic (exact) mass is 552 g/mol. The summed E-state index contributed by atoms with van der Waals surface area (Å²) in [4.78, 5) is 47.5. The molecule has 2 aromatic rings. The number of aliphatic hydroxyl groups excluding tert-OH is 1. The minimum Gasteiger partial charge on any atom is -0.395 e. The van der Waals surface area contributed by atoms with Gasteiger partial charge in [-0.2, -0.15) is 4.98 Å². The number of nitrogens with two attached hydrogens (primary N) is 2. The molecule has 2 saturated heterocycles. The molecule has 3 aliphatic rings. The number of urea groups is 1. The normalized spacial score (nSPS) is 23.6. The van der Waals surface area contributed by atoms with E-state index in [0.29, 0.717) is 49.6 Å². The summed E-state index contributed by atoms with van der Waals surface area (Å²) in [5.41, 5.74) is 12.4. The molecule has 1 saturated carbocycles. The second-order valence-corrected chi connectivity index (χ2v) is 11.8. The second kappa shape index (κ2) is 11.3. The zero-order valence-electron chi connectivity index (χ0n) is 23.2. The Morgan fingerprint density at radius 3 is 2.27 bits per heavy atom. The number of anilines is 1. The standard InChI is InChI=1S/C28H40N8O4/c1-28(2,30)25(38)34-11-13-35(14-12-34)26(39)31-23-8-10-36(27(40)32-23)19-5-3-18(4-6-19)7-9-33-15-20-21(16-33)24(20)22(29)17-37/h3-6,8,10,20-22,24,37H,7,9,11-17,29-30H2,1-2H3,(H,31,32,39,40). The smallest absolute Gasteiger partial charge is 0.354 e. The highest BCUT2D eigenvalue weighted by Crippen LogP contribution is 2.52. The van der Waals surface area contributed by atoms with Crippen molar-refractivity contribution in [1.82, 2.24) is 24.3 Å². The number of hydrogen-bond acceptors (Lipinski definition) is 8. The summed E-state index contributed by atoms with van der Waals surface area (Å²) in [6.45, 7) is 8.01. The van der Waals surface area contributed by atoms with Crippen molar-refractivity contribution in [2.45, 2.75) is 31.8 Å². The lowest BCUT2D eigenvalue weighted by Crippen LogP contribution is -2.58. The third-order valence-corrected chi connectivity index (χ3v) is 8.42. The molecule has 6 N–H and O–H groups in total. The molecular formula is C28H40N8O4. The van der Waals surface area contributed by atoms with Crippen LogP contribution in [0.25, 0.3) is 5.69 Å². The van der Waals surface area contributed by atoms with Crippen LogP contribution in [0.2, 0.25) is 0 Å². The number of benzene rings is 1. The van der Waals surface area contributed by atoms with Crippen LogP contribution in [0.4, 0.5) is 10.6 Å². The van der Waals surface area contributed by atoms with Crippen LogP contribution in [0.15, 0.2) is 41.3 Å². The molecule has 0 spiro atoms. The van der Waals surface area contributed by atoms with E-state index in [4.69, 9.17) is 11.5 Å². The fraction of sp³-hybridized carbons (Fsp3) is 0.571. The van der Waals surface area contributed by atoms with E-state index in [2.05, 4.69) is 15.2 Å². The van der Waals surface area contributed by atoms with Crippen LogP contribution in [0.3, 0.4) is 0 Å². The zero-order valence-corrected chi connectivity index (χ0v) is 23.2. The minimum atomic E-state index is -0.951. The first kappa shape index (κ1) is 28.2. The SMILES string of the molecule is CC(C)(N)C(=O)N1CCN(C(=O)Nc2ccn(-c3ccc(CCN4CC5C(C4)C5C(N)CO)cc3)c(=O)n2)CC1. The number of likely N-dealkylation sites (tertiary alicyclic amines) is 1. The van der Waals surface area contributed by atoms with Crippen molar-refractivity contribution in [1.29, 1.82) is 0 Å². The van der Waals surface area contributed by atoms with Gasteiger partial charge in [0.05, 0.1) is 17.8 Å². The maximum Gasteiger partial charge on any atom is 0.354 e. The maximum atomic E-state index is 12.7. The van der Waals surface area contributed by atoms with Gasteiger partial charge in [0, 0.05) is 58.1 Å². The molecule has 3 unspecified atom stereocenters. The van der Waals surface area contributed by atoms with E-state index in [0.717, 1.165) is 26.1 Å². The number of rotatable bonds is 8. The average molecular weight is 553 g/mol. The Labute approximate surface area is 233 Å². The molecule has 5 rings (SSSR count). The molecule has 1 aromatic heterocycles. The fourth-order valence-electron chi connectivity index (χ4n) is 6.09. The minimum absolute atomic E-state index is 0.0659. The Morgan fingerprint density at radius 1 is 1.07 bits per heavy atom. The summed E-state index contributed by atoms with van der Waals surface area (Å²) in [7, 11) is 0. The van der Waals surface area contributed by atoms with Crippen molar-refractivity contribution in [3.8, 4) is 5.69 Å². The number of aliphatic hydroxyl groups is 1. The number of piperazine rings is 1. The molecule has 216 valence electrons. The van der Waals surface area contributed by atoms with E-state index in [-0.39, 0.29) is 30.4 Å². The first-order valence-electron chi connectivity index (χ1n) is 14.0. The topological polar surface area (TPSA) is 163 Å². The van der Waals surface area contributed by atoms with Gasteiger partial charge < -0.3 is 31.3 Å². The summed E-state index contributed by atoms with van der Waals surface area (Å²) < 4.78 is 1.44. The van der Waals surface area contributed by atoms with E-state index in [1.165, 1.54) is 10.1 Å². The summed E-state index contributed by atoms with van der Waals surface area (Å²) in [6, 6.07) is 8.99.